The van der Waals surface area contributed by atoms with E-state index in [1.54, 1.807) is 25.3 Å². The van der Waals surface area contributed by atoms with Crippen molar-refractivity contribution >= 4 is 23.2 Å². The number of benzene rings is 2. The minimum atomic E-state index is -0.436. The molecule has 0 spiro atoms. The summed E-state index contributed by atoms with van der Waals surface area (Å²) in [6.45, 7) is 0. The molecular weight excluding hydrogens is 340 g/mol. The second kappa shape index (κ2) is 8.62. The Balaban J connectivity index is 1.71. The number of rotatable bonds is 6. The van der Waals surface area contributed by atoms with Gasteiger partial charge in [0.1, 0.15) is 5.69 Å². The van der Waals surface area contributed by atoms with Gasteiger partial charge in [0, 0.05) is 18.7 Å². The highest BCUT2D eigenvalue weighted by Gasteiger charge is 2.16. The number of nitrogens with zero attached hydrogens (tertiary/aromatic N) is 1. The minimum Gasteiger partial charge on any atom is -0.383 e. The minimum absolute atomic E-state index is 0.0102. The van der Waals surface area contributed by atoms with Crippen LogP contribution in [0, 0.1) is 10.1 Å². The highest BCUT2D eigenvalue weighted by molar-refractivity contribution is 6.06. The molecule has 0 amide bonds. The Morgan fingerprint density at radius 3 is 2.44 bits per heavy atom. The number of hydrogen-bond acceptors (Lipinski definition) is 4. The Kier molecular flexibility index (Phi) is 6.01. The molecule has 0 bridgehead atoms. The molecule has 0 heterocycles. The van der Waals surface area contributed by atoms with Crippen molar-refractivity contribution in [2.75, 3.05) is 12.4 Å². The summed E-state index contributed by atoms with van der Waals surface area (Å²) in [4.78, 5) is 23.1. The van der Waals surface area contributed by atoms with Crippen LogP contribution >= 0.6 is 0 Å². The van der Waals surface area contributed by atoms with E-state index in [4.69, 9.17) is 0 Å². The van der Waals surface area contributed by atoms with Gasteiger partial charge in [-0.2, -0.15) is 0 Å². The molecular formula is C22H24N2O3. The lowest BCUT2D eigenvalue weighted by atomic mass is 9.84. The molecule has 0 aromatic heterocycles. The van der Waals surface area contributed by atoms with Crippen molar-refractivity contribution in [3.8, 4) is 0 Å². The van der Waals surface area contributed by atoms with Crippen molar-refractivity contribution in [1.29, 1.82) is 0 Å². The van der Waals surface area contributed by atoms with Gasteiger partial charge >= 0.3 is 0 Å². The number of nitro benzene ring substituents is 1. The molecule has 27 heavy (non-hydrogen) atoms. The zero-order chi connectivity index (χ0) is 19.2. The third-order valence-electron chi connectivity index (χ3n) is 5.19. The molecule has 2 aromatic rings. The van der Waals surface area contributed by atoms with Crippen molar-refractivity contribution < 1.29 is 9.72 Å². The molecule has 2 aromatic carbocycles. The summed E-state index contributed by atoms with van der Waals surface area (Å²) < 4.78 is 0. The zero-order valence-corrected chi connectivity index (χ0v) is 15.5. The van der Waals surface area contributed by atoms with E-state index in [1.165, 1.54) is 49.8 Å². The number of carbonyl (C=O) groups excluding carboxylic acids is 1. The SMILES string of the molecule is CNc1ccc(/C=C/C(=O)c2ccc(C3CCCCC3)cc2)cc1[N+](=O)[O-]. The average Bonchev–Trinajstić information content (AvgIpc) is 2.72. The van der Waals surface area contributed by atoms with Crippen molar-refractivity contribution in [2.45, 2.75) is 38.0 Å². The molecule has 0 radical (unpaired) electrons. The quantitative estimate of drug-likeness (QED) is 0.314. The molecule has 0 unspecified atom stereocenters. The first-order valence-electron chi connectivity index (χ1n) is 9.37. The van der Waals surface area contributed by atoms with Crippen LogP contribution in [0.4, 0.5) is 11.4 Å². The topological polar surface area (TPSA) is 72.2 Å². The fourth-order valence-electron chi connectivity index (χ4n) is 3.64. The van der Waals surface area contributed by atoms with Crippen LogP contribution in [-0.2, 0) is 0 Å². The van der Waals surface area contributed by atoms with Crippen molar-refractivity contribution in [1.82, 2.24) is 0 Å². The normalized spacial score (nSPS) is 15.0. The maximum atomic E-state index is 12.4. The van der Waals surface area contributed by atoms with E-state index in [-0.39, 0.29) is 11.5 Å². The molecule has 3 rings (SSSR count). The molecule has 1 aliphatic rings. The summed E-state index contributed by atoms with van der Waals surface area (Å²) in [5, 5.41) is 13.9. The van der Waals surface area contributed by atoms with E-state index in [1.807, 2.05) is 12.1 Å². The molecule has 1 saturated carbocycles. The maximum Gasteiger partial charge on any atom is 0.292 e. The van der Waals surface area contributed by atoms with Crippen molar-refractivity contribution in [3.63, 3.8) is 0 Å². The van der Waals surface area contributed by atoms with Gasteiger partial charge in [0.15, 0.2) is 5.78 Å². The summed E-state index contributed by atoms with van der Waals surface area (Å²) in [5.74, 6) is 0.509. The second-order valence-corrected chi connectivity index (χ2v) is 6.94. The first-order valence-corrected chi connectivity index (χ1v) is 9.37. The Labute approximate surface area is 159 Å². The Morgan fingerprint density at radius 1 is 1.11 bits per heavy atom. The standard InChI is InChI=1S/C22H24N2O3/c1-23-20-13-7-16(15-21(20)24(26)27)8-14-22(25)19-11-9-18(10-12-19)17-5-3-2-4-6-17/h7-15,17,23H,2-6H2,1H3/b14-8+. The summed E-state index contributed by atoms with van der Waals surface area (Å²) in [7, 11) is 1.64. The summed E-state index contributed by atoms with van der Waals surface area (Å²) in [5.41, 5.74) is 3.00. The van der Waals surface area contributed by atoms with Gasteiger partial charge in [-0.15, -0.1) is 0 Å². The third-order valence-corrected chi connectivity index (χ3v) is 5.19. The predicted octanol–water partition coefficient (Wildman–Crippen LogP) is 5.58. The summed E-state index contributed by atoms with van der Waals surface area (Å²) in [6, 6.07) is 12.7. The first-order chi connectivity index (χ1) is 13.1. The molecule has 5 heteroatoms. The summed E-state index contributed by atoms with van der Waals surface area (Å²) in [6.07, 6.45) is 9.44. The molecule has 5 nitrogen and oxygen atoms in total. The van der Waals surface area contributed by atoms with Gasteiger partial charge in [-0.3, -0.25) is 14.9 Å². The van der Waals surface area contributed by atoms with Crippen LogP contribution in [0.15, 0.2) is 48.5 Å². The average molecular weight is 364 g/mol. The van der Waals surface area contributed by atoms with Crippen LogP contribution in [0.25, 0.3) is 6.08 Å². The maximum absolute atomic E-state index is 12.4. The van der Waals surface area contributed by atoms with Crippen LogP contribution in [0.5, 0.6) is 0 Å². The Hall–Kier alpha value is -2.95. The van der Waals surface area contributed by atoms with E-state index >= 15 is 0 Å². The van der Waals surface area contributed by atoms with E-state index < -0.39 is 4.92 Å². The molecule has 1 fully saturated rings. The molecule has 0 saturated heterocycles. The largest absolute Gasteiger partial charge is 0.383 e. The number of ketones is 1. The lowest BCUT2D eigenvalue weighted by Gasteiger charge is -2.21. The molecule has 1 N–H and O–H groups in total. The second-order valence-electron chi connectivity index (χ2n) is 6.94. The van der Waals surface area contributed by atoms with E-state index in [9.17, 15) is 14.9 Å². The zero-order valence-electron chi connectivity index (χ0n) is 15.5. The lowest BCUT2D eigenvalue weighted by molar-refractivity contribution is -0.383. The van der Waals surface area contributed by atoms with Gasteiger partial charge in [-0.05, 0) is 42.0 Å². The number of nitrogens with one attached hydrogen (secondary N) is 1. The van der Waals surface area contributed by atoms with Crippen molar-refractivity contribution in [3.05, 3.63) is 75.3 Å². The highest BCUT2D eigenvalue weighted by Crippen LogP contribution is 2.32. The van der Waals surface area contributed by atoms with Gasteiger partial charge in [0.05, 0.1) is 4.92 Å². The van der Waals surface area contributed by atoms with Crippen molar-refractivity contribution in [2.24, 2.45) is 0 Å². The van der Waals surface area contributed by atoms with Crippen LogP contribution in [0.3, 0.4) is 0 Å². The van der Waals surface area contributed by atoms with Gasteiger partial charge in [-0.1, -0.05) is 55.7 Å². The van der Waals surface area contributed by atoms with Crippen LogP contribution < -0.4 is 5.32 Å². The monoisotopic (exact) mass is 364 g/mol. The van der Waals surface area contributed by atoms with Gasteiger partial charge in [0.25, 0.3) is 5.69 Å². The van der Waals surface area contributed by atoms with Gasteiger partial charge in [0.2, 0.25) is 0 Å². The van der Waals surface area contributed by atoms with Crippen LogP contribution in [0.1, 0.15) is 59.5 Å². The first kappa shape index (κ1) is 18.8. The van der Waals surface area contributed by atoms with Crippen LogP contribution in [0.2, 0.25) is 0 Å². The number of anilines is 1. The van der Waals surface area contributed by atoms with Gasteiger partial charge in [-0.25, -0.2) is 0 Å². The van der Waals surface area contributed by atoms with Crippen LogP contribution in [-0.4, -0.2) is 17.8 Å². The fraction of sp³-hybridized carbons (Fsp3) is 0.318. The molecule has 1 aliphatic carbocycles. The number of carbonyl (C=O) groups is 1. The molecule has 0 atom stereocenters. The predicted molar refractivity (Wildman–Crippen MR) is 108 cm³/mol. The van der Waals surface area contributed by atoms with E-state index in [0.29, 0.717) is 22.7 Å². The fourth-order valence-corrected chi connectivity index (χ4v) is 3.64. The Morgan fingerprint density at radius 2 is 1.81 bits per heavy atom. The lowest BCUT2D eigenvalue weighted by Crippen LogP contribution is -2.05. The number of allylic oxidation sites excluding steroid dienone is 1. The molecule has 0 aliphatic heterocycles. The smallest absolute Gasteiger partial charge is 0.292 e. The Bertz CT molecular complexity index is 850. The van der Waals surface area contributed by atoms with E-state index in [2.05, 4.69) is 17.4 Å². The van der Waals surface area contributed by atoms with Gasteiger partial charge < -0.3 is 5.32 Å². The highest BCUT2D eigenvalue weighted by atomic mass is 16.6. The molecule has 140 valence electrons. The number of nitro groups is 1. The number of hydrogen-bond donors (Lipinski definition) is 1. The van der Waals surface area contributed by atoms with E-state index in [0.717, 1.165) is 0 Å². The third kappa shape index (κ3) is 4.61. The summed E-state index contributed by atoms with van der Waals surface area (Å²) >= 11 is 0.